The number of aryl methyl sites for hydroxylation is 1. The number of fused-ring (bicyclic) bond motifs is 1. The normalized spacial score (nSPS) is 10.3. The molecule has 0 aliphatic rings. The van der Waals surface area contributed by atoms with E-state index in [2.05, 4.69) is 21.5 Å². The second-order valence-electron chi connectivity index (χ2n) is 4.31. The quantitative estimate of drug-likeness (QED) is 0.570. The lowest BCUT2D eigenvalue weighted by Gasteiger charge is -2.07. The first-order chi connectivity index (χ1) is 10.2. The SMILES string of the molecule is Cc1cc2c(Oc3ccc(C#N)cc3)nc(NN)nc2s1. The Kier molecular flexibility index (Phi) is 3.39. The molecule has 0 unspecified atom stereocenters. The van der Waals surface area contributed by atoms with Crippen LogP contribution in [0, 0.1) is 18.3 Å². The van der Waals surface area contributed by atoms with Gasteiger partial charge in [-0.1, -0.05) is 0 Å². The van der Waals surface area contributed by atoms with Crippen LogP contribution in [0.5, 0.6) is 11.6 Å². The molecule has 21 heavy (non-hydrogen) atoms. The number of nitriles is 1. The van der Waals surface area contributed by atoms with Crippen molar-refractivity contribution in [3.05, 3.63) is 40.8 Å². The number of nitrogens with zero attached hydrogens (tertiary/aromatic N) is 3. The van der Waals surface area contributed by atoms with Crippen LogP contribution in [0.2, 0.25) is 0 Å². The van der Waals surface area contributed by atoms with Crippen molar-refractivity contribution in [1.29, 1.82) is 5.26 Å². The summed E-state index contributed by atoms with van der Waals surface area (Å²) in [6.07, 6.45) is 0. The summed E-state index contributed by atoms with van der Waals surface area (Å²) >= 11 is 1.54. The maximum absolute atomic E-state index is 8.80. The molecular weight excluding hydrogens is 286 g/mol. The maximum Gasteiger partial charge on any atom is 0.241 e. The molecule has 0 radical (unpaired) electrons. The molecule has 7 heteroatoms. The van der Waals surface area contributed by atoms with Gasteiger partial charge >= 0.3 is 0 Å². The van der Waals surface area contributed by atoms with Crippen LogP contribution in [0.25, 0.3) is 10.2 Å². The van der Waals surface area contributed by atoms with E-state index in [0.29, 0.717) is 23.1 Å². The molecule has 0 aliphatic carbocycles. The minimum atomic E-state index is 0.299. The molecule has 0 bridgehead atoms. The Hall–Kier alpha value is -2.69. The molecule has 1 aromatic carbocycles. The Balaban J connectivity index is 2.03. The molecule has 2 heterocycles. The van der Waals surface area contributed by atoms with Crippen molar-refractivity contribution in [2.24, 2.45) is 5.84 Å². The van der Waals surface area contributed by atoms with Gasteiger partial charge in [0.1, 0.15) is 10.6 Å². The molecule has 3 aromatic rings. The third-order valence-corrected chi connectivity index (χ3v) is 3.75. The largest absolute Gasteiger partial charge is 0.438 e. The van der Waals surface area contributed by atoms with Gasteiger partial charge in [-0.15, -0.1) is 11.3 Å². The van der Waals surface area contributed by atoms with Gasteiger partial charge in [-0.05, 0) is 37.3 Å². The van der Waals surface area contributed by atoms with E-state index in [4.69, 9.17) is 15.8 Å². The third kappa shape index (κ3) is 2.63. The van der Waals surface area contributed by atoms with Crippen LogP contribution in [0.1, 0.15) is 10.4 Å². The number of anilines is 1. The topological polar surface area (TPSA) is 96.8 Å². The average molecular weight is 297 g/mol. The van der Waals surface area contributed by atoms with Gasteiger partial charge in [0.2, 0.25) is 11.8 Å². The van der Waals surface area contributed by atoms with Crippen LogP contribution in [0.4, 0.5) is 5.95 Å². The maximum atomic E-state index is 8.80. The fourth-order valence-electron chi connectivity index (χ4n) is 1.87. The number of aromatic nitrogens is 2. The number of hydrogen-bond donors (Lipinski definition) is 2. The summed E-state index contributed by atoms with van der Waals surface area (Å²) in [7, 11) is 0. The van der Waals surface area contributed by atoms with Crippen LogP contribution in [0.3, 0.4) is 0 Å². The summed E-state index contributed by atoms with van der Waals surface area (Å²) < 4.78 is 5.80. The standard InChI is InChI=1S/C14H11N5OS/c1-8-6-11-12(17-14(19-16)18-13(11)21-8)20-10-4-2-9(7-15)3-5-10/h2-6H,16H2,1H3,(H,17,18,19). The Bertz CT molecular complexity index is 835. The van der Waals surface area contributed by atoms with Gasteiger partial charge < -0.3 is 4.74 Å². The molecule has 104 valence electrons. The Morgan fingerprint density at radius 2 is 2.05 bits per heavy atom. The second kappa shape index (κ2) is 5.36. The van der Waals surface area contributed by atoms with Crippen molar-refractivity contribution in [1.82, 2.24) is 9.97 Å². The number of nitrogens with one attached hydrogen (secondary N) is 1. The first kappa shape index (κ1) is 13.3. The molecule has 0 fully saturated rings. The monoisotopic (exact) mass is 297 g/mol. The fraction of sp³-hybridized carbons (Fsp3) is 0.0714. The Morgan fingerprint density at radius 3 is 2.71 bits per heavy atom. The zero-order valence-electron chi connectivity index (χ0n) is 11.1. The number of nitrogens with two attached hydrogens (primary N) is 1. The zero-order valence-corrected chi connectivity index (χ0v) is 11.9. The van der Waals surface area contributed by atoms with Gasteiger partial charge in [0.15, 0.2) is 0 Å². The molecule has 3 N–H and O–H groups in total. The highest BCUT2D eigenvalue weighted by atomic mass is 32.1. The molecule has 0 saturated heterocycles. The van der Waals surface area contributed by atoms with E-state index < -0.39 is 0 Å². The summed E-state index contributed by atoms with van der Waals surface area (Å²) in [4.78, 5) is 10.4. The number of rotatable bonds is 3. The lowest BCUT2D eigenvalue weighted by atomic mass is 10.2. The van der Waals surface area contributed by atoms with E-state index in [-0.39, 0.29) is 0 Å². The summed E-state index contributed by atoms with van der Waals surface area (Å²) in [5.41, 5.74) is 3.01. The first-order valence-corrected chi connectivity index (χ1v) is 6.94. The number of benzene rings is 1. The molecule has 3 rings (SSSR count). The smallest absolute Gasteiger partial charge is 0.241 e. The highest BCUT2D eigenvalue weighted by molar-refractivity contribution is 7.18. The van der Waals surface area contributed by atoms with Crippen molar-refractivity contribution in [3.63, 3.8) is 0 Å². The van der Waals surface area contributed by atoms with Crippen LogP contribution < -0.4 is 16.0 Å². The van der Waals surface area contributed by atoms with E-state index in [1.54, 1.807) is 35.6 Å². The number of nitrogen functional groups attached to an aromatic ring is 1. The molecule has 0 saturated carbocycles. The lowest BCUT2D eigenvalue weighted by molar-refractivity contribution is 0.469. The molecular formula is C14H11N5OS. The lowest BCUT2D eigenvalue weighted by Crippen LogP contribution is -2.10. The molecule has 6 nitrogen and oxygen atoms in total. The summed E-state index contributed by atoms with van der Waals surface area (Å²) in [5, 5.41) is 9.63. The number of hydrazine groups is 1. The fourth-order valence-corrected chi connectivity index (χ4v) is 2.74. The van der Waals surface area contributed by atoms with Crippen molar-refractivity contribution < 1.29 is 4.74 Å². The van der Waals surface area contributed by atoms with Crippen LogP contribution in [-0.2, 0) is 0 Å². The van der Waals surface area contributed by atoms with E-state index in [9.17, 15) is 0 Å². The minimum absolute atomic E-state index is 0.299. The van der Waals surface area contributed by atoms with Gasteiger partial charge in [0.25, 0.3) is 0 Å². The van der Waals surface area contributed by atoms with Crippen LogP contribution >= 0.6 is 11.3 Å². The van der Waals surface area contributed by atoms with E-state index in [1.165, 1.54) is 0 Å². The predicted molar refractivity (Wildman–Crippen MR) is 81.2 cm³/mol. The van der Waals surface area contributed by atoms with Gasteiger partial charge in [-0.25, -0.2) is 10.8 Å². The van der Waals surface area contributed by atoms with E-state index in [0.717, 1.165) is 15.1 Å². The van der Waals surface area contributed by atoms with E-state index in [1.807, 2.05) is 13.0 Å². The molecule has 0 atom stereocenters. The molecule has 0 aliphatic heterocycles. The summed E-state index contributed by atoms with van der Waals surface area (Å²) in [5.74, 6) is 6.72. The molecule has 0 amide bonds. The minimum Gasteiger partial charge on any atom is -0.438 e. The van der Waals surface area contributed by atoms with Crippen molar-refractivity contribution >= 4 is 27.5 Å². The van der Waals surface area contributed by atoms with E-state index >= 15 is 0 Å². The Morgan fingerprint density at radius 1 is 1.29 bits per heavy atom. The average Bonchev–Trinajstić information content (AvgIpc) is 2.88. The van der Waals surface area contributed by atoms with Gasteiger partial charge in [0, 0.05) is 4.88 Å². The summed E-state index contributed by atoms with van der Waals surface area (Å²) in [6.45, 7) is 1.99. The summed E-state index contributed by atoms with van der Waals surface area (Å²) in [6, 6.07) is 10.9. The number of ether oxygens (including phenoxy) is 1. The first-order valence-electron chi connectivity index (χ1n) is 6.12. The second-order valence-corrected chi connectivity index (χ2v) is 5.55. The third-order valence-electron chi connectivity index (χ3n) is 2.81. The molecule has 2 aromatic heterocycles. The Labute approximate surface area is 124 Å². The number of hydrogen-bond acceptors (Lipinski definition) is 7. The number of thiophene rings is 1. The zero-order chi connectivity index (χ0) is 14.8. The van der Waals surface area contributed by atoms with Crippen molar-refractivity contribution in [2.75, 3.05) is 5.43 Å². The van der Waals surface area contributed by atoms with Gasteiger partial charge in [-0.3, -0.25) is 5.43 Å². The van der Waals surface area contributed by atoms with Crippen LogP contribution in [0.15, 0.2) is 30.3 Å². The van der Waals surface area contributed by atoms with Gasteiger partial charge in [-0.2, -0.15) is 10.2 Å². The van der Waals surface area contributed by atoms with Crippen molar-refractivity contribution in [2.45, 2.75) is 6.92 Å². The van der Waals surface area contributed by atoms with Crippen molar-refractivity contribution in [3.8, 4) is 17.7 Å². The predicted octanol–water partition coefficient (Wildman–Crippen LogP) is 2.95. The highest BCUT2D eigenvalue weighted by Gasteiger charge is 2.12. The molecule has 0 spiro atoms. The highest BCUT2D eigenvalue weighted by Crippen LogP contribution is 2.33. The van der Waals surface area contributed by atoms with Crippen LogP contribution in [-0.4, -0.2) is 9.97 Å². The van der Waals surface area contributed by atoms with Gasteiger partial charge in [0.05, 0.1) is 17.0 Å².